The molecule has 2 heterocycles. The molecule has 9 nitrogen and oxygen atoms in total. The summed E-state index contributed by atoms with van der Waals surface area (Å²) in [5, 5.41) is 12.4. The fraction of sp³-hybridized carbons (Fsp3) is 0.565. The van der Waals surface area contributed by atoms with E-state index in [0.717, 1.165) is 19.3 Å². The van der Waals surface area contributed by atoms with E-state index in [1.165, 1.54) is 29.1 Å². The Balaban J connectivity index is 1.72. The van der Waals surface area contributed by atoms with E-state index in [4.69, 9.17) is 9.47 Å². The van der Waals surface area contributed by atoms with E-state index >= 15 is 0 Å². The molecule has 2 N–H and O–H groups in total. The van der Waals surface area contributed by atoms with Crippen LogP contribution in [-0.2, 0) is 4.74 Å². The second kappa shape index (κ2) is 13.2. The van der Waals surface area contributed by atoms with Gasteiger partial charge in [0, 0.05) is 18.7 Å². The highest BCUT2D eigenvalue weighted by Crippen LogP contribution is 2.25. The minimum atomic E-state index is -4.55. The molecule has 1 atom stereocenters. The van der Waals surface area contributed by atoms with Crippen LogP contribution in [0.2, 0.25) is 0 Å². The van der Waals surface area contributed by atoms with Crippen molar-refractivity contribution in [3.8, 4) is 11.4 Å². The molecular weight excluding hydrogens is 486 g/mol. The Labute approximate surface area is 205 Å². The number of aromatic nitrogens is 3. The summed E-state index contributed by atoms with van der Waals surface area (Å²) in [5.74, 6) is -1.17. The SMILES string of the molecule is O=C(NCC(F)(F)F)c1ccc(-n2cc(C(=O)NCC3CCCO3)nn2)c(OCCCCCCF)c1. The Morgan fingerprint density at radius 3 is 2.67 bits per heavy atom. The number of unbranched alkanes of at least 4 members (excludes halogenated alkanes) is 3. The molecule has 198 valence electrons. The highest BCUT2D eigenvalue weighted by molar-refractivity contribution is 5.95. The van der Waals surface area contributed by atoms with Gasteiger partial charge in [-0.2, -0.15) is 13.2 Å². The first-order valence-corrected chi connectivity index (χ1v) is 11.8. The minimum absolute atomic E-state index is 0.0370. The number of carbonyl (C=O) groups is 2. The zero-order valence-electron chi connectivity index (χ0n) is 19.7. The molecule has 1 aliphatic rings. The molecule has 2 amide bonds. The summed E-state index contributed by atoms with van der Waals surface area (Å²) in [7, 11) is 0. The average Bonchev–Trinajstić information content (AvgIpc) is 3.55. The van der Waals surface area contributed by atoms with Crippen LogP contribution in [0.3, 0.4) is 0 Å². The number of alkyl halides is 4. The monoisotopic (exact) mass is 515 g/mol. The molecule has 1 saturated heterocycles. The summed E-state index contributed by atoms with van der Waals surface area (Å²) in [6.07, 6.45) is 1.10. The summed E-state index contributed by atoms with van der Waals surface area (Å²) in [5.41, 5.74) is 0.360. The number of rotatable bonds is 13. The number of benzene rings is 1. The predicted octanol–water partition coefficient (Wildman–Crippen LogP) is 3.38. The van der Waals surface area contributed by atoms with Crippen molar-refractivity contribution < 1.29 is 36.6 Å². The summed E-state index contributed by atoms with van der Waals surface area (Å²) < 4.78 is 62.3. The standard InChI is InChI=1S/C23H29F4N5O4/c24-9-3-1-2-4-10-36-20-12-16(21(33)29-15-23(25,26)27)7-8-19(20)32-14-18(30-31-32)22(34)28-13-17-6-5-11-35-17/h7-8,12,14,17H,1-6,9-11,13,15H2,(H,28,34)(H,29,33). The molecule has 2 aromatic rings. The van der Waals surface area contributed by atoms with Crippen LogP contribution in [-0.4, -0.2) is 72.1 Å². The normalized spacial score (nSPS) is 15.6. The number of carbonyl (C=O) groups excluding carboxylic acids is 2. The first kappa shape index (κ1) is 27.4. The lowest BCUT2D eigenvalue weighted by atomic mass is 10.1. The Hall–Kier alpha value is -3.22. The van der Waals surface area contributed by atoms with E-state index in [2.05, 4.69) is 15.6 Å². The van der Waals surface area contributed by atoms with E-state index in [1.54, 1.807) is 0 Å². The predicted molar refractivity (Wildman–Crippen MR) is 121 cm³/mol. The molecule has 36 heavy (non-hydrogen) atoms. The fourth-order valence-corrected chi connectivity index (χ4v) is 3.56. The number of hydrogen-bond acceptors (Lipinski definition) is 6. The Kier molecular flexibility index (Phi) is 10.0. The first-order valence-electron chi connectivity index (χ1n) is 11.8. The van der Waals surface area contributed by atoms with Crippen LogP contribution < -0.4 is 15.4 Å². The third-order valence-corrected chi connectivity index (χ3v) is 5.44. The van der Waals surface area contributed by atoms with Gasteiger partial charge >= 0.3 is 6.18 Å². The lowest BCUT2D eigenvalue weighted by molar-refractivity contribution is -0.123. The van der Waals surface area contributed by atoms with Crippen molar-refractivity contribution in [2.45, 2.75) is 50.8 Å². The van der Waals surface area contributed by atoms with Gasteiger partial charge in [-0.15, -0.1) is 5.10 Å². The highest BCUT2D eigenvalue weighted by Gasteiger charge is 2.28. The molecule has 0 spiro atoms. The van der Waals surface area contributed by atoms with Crippen molar-refractivity contribution in [3.05, 3.63) is 35.7 Å². The van der Waals surface area contributed by atoms with Gasteiger partial charge in [-0.25, -0.2) is 4.68 Å². The number of amides is 2. The van der Waals surface area contributed by atoms with E-state index in [1.807, 2.05) is 5.32 Å². The zero-order valence-corrected chi connectivity index (χ0v) is 19.7. The van der Waals surface area contributed by atoms with Gasteiger partial charge in [0.1, 0.15) is 18.0 Å². The summed E-state index contributed by atoms with van der Waals surface area (Å²) in [6.45, 7) is -0.609. The summed E-state index contributed by atoms with van der Waals surface area (Å²) in [4.78, 5) is 24.7. The van der Waals surface area contributed by atoms with Crippen molar-refractivity contribution in [2.75, 3.05) is 33.0 Å². The quantitative estimate of drug-likeness (QED) is 0.313. The Morgan fingerprint density at radius 1 is 1.14 bits per heavy atom. The maximum Gasteiger partial charge on any atom is 0.405 e. The molecule has 1 unspecified atom stereocenters. The van der Waals surface area contributed by atoms with E-state index in [-0.39, 0.29) is 29.7 Å². The summed E-state index contributed by atoms with van der Waals surface area (Å²) in [6, 6.07) is 4.08. The number of nitrogens with zero attached hydrogens (tertiary/aromatic N) is 3. The molecule has 0 radical (unpaired) electrons. The van der Waals surface area contributed by atoms with Crippen LogP contribution >= 0.6 is 0 Å². The van der Waals surface area contributed by atoms with Crippen molar-refractivity contribution in [1.82, 2.24) is 25.6 Å². The number of ether oxygens (including phenoxy) is 2. The Morgan fingerprint density at radius 2 is 1.94 bits per heavy atom. The molecule has 13 heteroatoms. The van der Waals surface area contributed by atoms with Gasteiger partial charge < -0.3 is 20.1 Å². The average molecular weight is 516 g/mol. The van der Waals surface area contributed by atoms with Crippen LogP contribution in [0.1, 0.15) is 59.4 Å². The van der Waals surface area contributed by atoms with E-state index in [0.29, 0.717) is 38.1 Å². The largest absolute Gasteiger partial charge is 0.491 e. The van der Waals surface area contributed by atoms with Crippen molar-refractivity contribution in [1.29, 1.82) is 0 Å². The van der Waals surface area contributed by atoms with Crippen LogP contribution in [0.4, 0.5) is 17.6 Å². The first-order chi connectivity index (χ1) is 17.3. The van der Waals surface area contributed by atoms with Crippen molar-refractivity contribution in [3.63, 3.8) is 0 Å². The highest BCUT2D eigenvalue weighted by atomic mass is 19.4. The van der Waals surface area contributed by atoms with E-state index < -0.39 is 31.2 Å². The van der Waals surface area contributed by atoms with Gasteiger partial charge in [0.15, 0.2) is 5.69 Å². The molecule has 1 aromatic carbocycles. The van der Waals surface area contributed by atoms with Crippen LogP contribution in [0.15, 0.2) is 24.4 Å². The van der Waals surface area contributed by atoms with Crippen LogP contribution in [0.5, 0.6) is 5.75 Å². The lowest BCUT2D eigenvalue weighted by Crippen LogP contribution is -2.33. The second-order valence-electron chi connectivity index (χ2n) is 8.33. The third kappa shape index (κ3) is 8.47. The molecular formula is C23H29F4N5O4. The third-order valence-electron chi connectivity index (χ3n) is 5.44. The van der Waals surface area contributed by atoms with Gasteiger partial charge in [0.2, 0.25) is 0 Å². The van der Waals surface area contributed by atoms with Gasteiger partial charge in [-0.3, -0.25) is 14.0 Å². The second-order valence-corrected chi connectivity index (χ2v) is 8.33. The maximum atomic E-state index is 12.5. The van der Waals surface area contributed by atoms with Gasteiger partial charge in [0.05, 0.1) is 25.6 Å². The molecule has 1 aliphatic heterocycles. The molecule has 0 bridgehead atoms. The molecule has 1 aromatic heterocycles. The number of nitrogens with one attached hydrogen (secondary N) is 2. The van der Waals surface area contributed by atoms with Crippen LogP contribution in [0.25, 0.3) is 5.69 Å². The summed E-state index contributed by atoms with van der Waals surface area (Å²) >= 11 is 0. The molecule has 0 aliphatic carbocycles. The van der Waals surface area contributed by atoms with Gasteiger partial charge in [-0.05, 0) is 50.3 Å². The van der Waals surface area contributed by atoms with E-state index in [9.17, 15) is 27.2 Å². The Bertz CT molecular complexity index is 1010. The maximum absolute atomic E-state index is 12.5. The zero-order chi connectivity index (χ0) is 26.0. The van der Waals surface area contributed by atoms with Crippen molar-refractivity contribution in [2.24, 2.45) is 0 Å². The minimum Gasteiger partial charge on any atom is -0.491 e. The molecule has 1 fully saturated rings. The van der Waals surface area contributed by atoms with Crippen molar-refractivity contribution >= 4 is 11.8 Å². The smallest absolute Gasteiger partial charge is 0.405 e. The molecule has 0 saturated carbocycles. The lowest BCUT2D eigenvalue weighted by Gasteiger charge is -2.14. The van der Waals surface area contributed by atoms with Gasteiger partial charge in [-0.1, -0.05) is 11.6 Å². The molecule has 3 rings (SSSR count). The van der Waals surface area contributed by atoms with Gasteiger partial charge in [0.25, 0.3) is 11.8 Å². The number of hydrogen-bond donors (Lipinski definition) is 2. The number of halogens is 4. The topological polar surface area (TPSA) is 107 Å². The van der Waals surface area contributed by atoms with Crippen LogP contribution in [0, 0.1) is 0 Å². The fourth-order valence-electron chi connectivity index (χ4n) is 3.56.